The lowest BCUT2D eigenvalue weighted by Gasteiger charge is -2.21. The van der Waals surface area contributed by atoms with Gasteiger partial charge in [0, 0.05) is 6.61 Å². The summed E-state index contributed by atoms with van der Waals surface area (Å²) in [5.41, 5.74) is 0.790. The van der Waals surface area contributed by atoms with Gasteiger partial charge >= 0.3 is 0 Å². The molecule has 0 heterocycles. The maximum atomic E-state index is 9.05. The van der Waals surface area contributed by atoms with Gasteiger partial charge in [0.05, 0.1) is 0 Å². The minimum atomic E-state index is 0.354. The van der Waals surface area contributed by atoms with E-state index in [1.165, 1.54) is 25.7 Å². The van der Waals surface area contributed by atoms with Crippen LogP contribution in [-0.2, 0) is 0 Å². The number of hydrogen-bond donors (Lipinski definition) is 1. The zero-order valence-corrected chi connectivity index (χ0v) is 7.98. The van der Waals surface area contributed by atoms with E-state index in [0.717, 1.165) is 0 Å². The van der Waals surface area contributed by atoms with E-state index in [0.29, 0.717) is 17.4 Å². The Morgan fingerprint density at radius 2 is 1.82 bits per heavy atom. The van der Waals surface area contributed by atoms with Crippen molar-refractivity contribution in [2.45, 2.75) is 46.5 Å². The molecule has 1 aliphatic rings. The van der Waals surface area contributed by atoms with Crippen molar-refractivity contribution < 1.29 is 5.11 Å². The molecule has 1 N–H and O–H groups in total. The summed E-state index contributed by atoms with van der Waals surface area (Å²) in [6, 6.07) is 0. The maximum Gasteiger partial charge on any atom is 0.0487 e. The summed E-state index contributed by atoms with van der Waals surface area (Å²) in [5.74, 6) is 0. The van der Waals surface area contributed by atoms with Gasteiger partial charge in [0.2, 0.25) is 0 Å². The van der Waals surface area contributed by atoms with Gasteiger partial charge in [0.25, 0.3) is 0 Å². The Morgan fingerprint density at radius 1 is 1.27 bits per heavy atom. The van der Waals surface area contributed by atoms with Crippen LogP contribution in [0.2, 0.25) is 0 Å². The highest BCUT2D eigenvalue weighted by Gasteiger charge is 2.41. The molecule has 11 heavy (non-hydrogen) atoms. The number of hydrogen-bond acceptors (Lipinski definition) is 1. The summed E-state index contributed by atoms with van der Waals surface area (Å²) in [7, 11) is 0. The molecule has 1 aliphatic carbocycles. The minimum Gasteiger partial charge on any atom is -0.396 e. The highest BCUT2D eigenvalue weighted by molar-refractivity contribution is 4.92. The predicted octanol–water partition coefficient (Wildman–Crippen LogP) is 2.59. The molecule has 0 aromatic heterocycles. The largest absolute Gasteiger partial charge is 0.396 e. The normalized spacial score (nSPS) is 21.8. The second-order valence-electron chi connectivity index (χ2n) is 5.22. The van der Waals surface area contributed by atoms with E-state index in [2.05, 4.69) is 20.8 Å². The molecule has 1 saturated carbocycles. The van der Waals surface area contributed by atoms with Crippen molar-refractivity contribution in [1.29, 1.82) is 0 Å². The van der Waals surface area contributed by atoms with Crippen molar-refractivity contribution >= 4 is 0 Å². The molecule has 0 unspecified atom stereocenters. The fourth-order valence-electron chi connectivity index (χ4n) is 1.30. The first-order chi connectivity index (χ1) is 4.97. The van der Waals surface area contributed by atoms with Crippen molar-refractivity contribution in [3.05, 3.63) is 0 Å². The van der Waals surface area contributed by atoms with E-state index in [9.17, 15) is 0 Å². The van der Waals surface area contributed by atoms with Gasteiger partial charge in [-0.3, -0.25) is 0 Å². The molecule has 1 fully saturated rings. The SMILES string of the molecule is CC(C)(C)CCC1(CO)CC1. The molecule has 0 aliphatic heterocycles. The quantitative estimate of drug-likeness (QED) is 0.666. The lowest BCUT2D eigenvalue weighted by atomic mass is 9.86. The Morgan fingerprint density at radius 3 is 2.09 bits per heavy atom. The summed E-state index contributed by atoms with van der Waals surface area (Å²) < 4.78 is 0. The summed E-state index contributed by atoms with van der Waals surface area (Å²) in [4.78, 5) is 0. The molecule has 0 saturated heterocycles. The van der Waals surface area contributed by atoms with Crippen LogP contribution < -0.4 is 0 Å². The first-order valence-electron chi connectivity index (χ1n) is 4.58. The summed E-state index contributed by atoms with van der Waals surface area (Å²) in [6.45, 7) is 7.20. The van der Waals surface area contributed by atoms with Crippen LogP contribution in [-0.4, -0.2) is 11.7 Å². The fourth-order valence-corrected chi connectivity index (χ4v) is 1.30. The molecule has 0 aromatic carbocycles. The molecule has 1 nitrogen and oxygen atoms in total. The van der Waals surface area contributed by atoms with Crippen LogP contribution in [0, 0.1) is 10.8 Å². The zero-order chi connectivity index (χ0) is 8.54. The third-order valence-corrected chi connectivity index (χ3v) is 2.70. The Bertz CT molecular complexity index is 128. The molecule has 1 rings (SSSR count). The first-order valence-corrected chi connectivity index (χ1v) is 4.58. The average molecular weight is 156 g/mol. The first kappa shape index (κ1) is 9.05. The fraction of sp³-hybridized carbons (Fsp3) is 1.00. The van der Waals surface area contributed by atoms with Crippen molar-refractivity contribution in [3.63, 3.8) is 0 Å². The molecular weight excluding hydrogens is 136 g/mol. The van der Waals surface area contributed by atoms with Crippen LogP contribution >= 0.6 is 0 Å². The molecule has 0 aromatic rings. The minimum absolute atomic E-state index is 0.354. The Labute approximate surface area is 69.8 Å². The lowest BCUT2D eigenvalue weighted by Crippen LogP contribution is -2.12. The van der Waals surface area contributed by atoms with Gasteiger partial charge in [-0.2, -0.15) is 0 Å². The Kier molecular flexibility index (Phi) is 2.29. The van der Waals surface area contributed by atoms with Crippen LogP contribution in [0.3, 0.4) is 0 Å². The number of aliphatic hydroxyl groups excluding tert-OH is 1. The molecule has 0 spiro atoms. The van der Waals surface area contributed by atoms with Crippen LogP contribution in [0.1, 0.15) is 46.5 Å². The molecule has 1 heteroatoms. The third kappa shape index (κ3) is 2.82. The van der Waals surface area contributed by atoms with Crippen molar-refractivity contribution in [3.8, 4) is 0 Å². The molecule has 0 bridgehead atoms. The van der Waals surface area contributed by atoms with Crippen LogP contribution in [0.5, 0.6) is 0 Å². The predicted molar refractivity (Wildman–Crippen MR) is 47.4 cm³/mol. The van der Waals surface area contributed by atoms with Crippen LogP contribution in [0.25, 0.3) is 0 Å². The van der Waals surface area contributed by atoms with Gasteiger partial charge in [-0.05, 0) is 36.5 Å². The van der Waals surface area contributed by atoms with Gasteiger partial charge in [0.15, 0.2) is 0 Å². The van der Waals surface area contributed by atoms with E-state index in [1.54, 1.807) is 0 Å². The van der Waals surface area contributed by atoms with Crippen LogP contribution in [0.15, 0.2) is 0 Å². The monoisotopic (exact) mass is 156 g/mol. The van der Waals surface area contributed by atoms with Crippen molar-refractivity contribution in [2.75, 3.05) is 6.61 Å². The van der Waals surface area contributed by atoms with Gasteiger partial charge in [-0.1, -0.05) is 20.8 Å². The smallest absolute Gasteiger partial charge is 0.0487 e. The van der Waals surface area contributed by atoms with E-state index < -0.39 is 0 Å². The molecule has 66 valence electrons. The second-order valence-corrected chi connectivity index (χ2v) is 5.22. The maximum absolute atomic E-state index is 9.05. The number of rotatable bonds is 3. The molecule has 0 atom stereocenters. The van der Waals surface area contributed by atoms with E-state index in [4.69, 9.17) is 5.11 Å². The average Bonchev–Trinajstić information content (AvgIpc) is 2.63. The highest BCUT2D eigenvalue weighted by Crippen LogP contribution is 2.50. The standard InChI is InChI=1S/C10H20O/c1-9(2,3)4-5-10(8-11)6-7-10/h11H,4-8H2,1-3H3. The summed E-state index contributed by atoms with van der Waals surface area (Å²) in [5, 5.41) is 9.05. The number of aliphatic hydroxyl groups is 1. The zero-order valence-electron chi connectivity index (χ0n) is 7.98. The topological polar surface area (TPSA) is 20.2 Å². The van der Waals surface area contributed by atoms with Crippen molar-refractivity contribution in [1.82, 2.24) is 0 Å². The highest BCUT2D eigenvalue weighted by atomic mass is 16.3. The lowest BCUT2D eigenvalue weighted by molar-refractivity contribution is 0.185. The Balaban J connectivity index is 2.22. The third-order valence-electron chi connectivity index (χ3n) is 2.70. The van der Waals surface area contributed by atoms with Gasteiger partial charge in [-0.15, -0.1) is 0 Å². The summed E-state index contributed by atoms with van der Waals surface area (Å²) in [6.07, 6.45) is 4.96. The molecule has 0 radical (unpaired) electrons. The second kappa shape index (κ2) is 2.78. The Hall–Kier alpha value is -0.0400. The van der Waals surface area contributed by atoms with E-state index in [-0.39, 0.29) is 0 Å². The van der Waals surface area contributed by atoms with Gasteiger partial charge in [0.1, 0.15) is 0 Å². The molecule has 0 amide bonds. The summed E-state index contributed by atoms with van der Waals surface area (Å²) >= 11 is 0. The van der Waals surface area contributed by atoms with E-state index >= 15 is 0 Å². The van der Waals surface area contributed by atoms with Crippen molar-refractivity contribution in [2.24, 2.45) is 10.8 Å². The van der Waals surface area contributed by atoms with Crippen LogP contribution in [0.4, 0.5) is 0 Å². The molecular formula is C10H20O. The van der Waals surface area contributed by atoms with Gasteiger partial charge in [-0.25, -0.2) is 0 Å². The van der Waals surface area contributed by atoms with Gasteiger partial charge < -0.3 is 5.11 Å². The van der Waals surface area contributed by atoms with E-state index in [1.807, 2.05) is 0 Å².